The van der Waals surface area contributed by atoms with Gasteiger partial charge in [0, 0.05) is 42.1 Å². The van der Waals surface area contributed by atoms with Crippen molar-refractivity contribution < 1.29 is 14.0 Å². The zero-order chi connectivity index (χ0) is 18.7. The van der Waals surface area contributed by atoms with E-state index in [1.807, 2.05) is 4.90 Å². The van der Waals surface area contributed by atoms with Crippen molar-refractivity contribution in [1.29, 1.82) is 0 Å². The molecule has 2 heterocycles. The molecule has 2 saturated heterocycles. The lowest BCUT2D eigenvalue weighted by molar-refractivity contribution is -0.140. The number of carbonyl (C=O) groups excluding carboxylic acids is 2. The number of hydrogen-bond acceptors (Lipinski definition) is 3. The number of benzene rings is 1. The third kappa shape index (κ3) is 4.54. The summed E-state index contributed by atoms with van der Waals surface area (Å²) in [6.45, 7) is 3.31. The smallest absolute Gasteiger partial charge is 0.225 e. The fourth-order valence-corrected chi connectivity index (χ4v) is 4.03. The van der Waals surface area contributed by atoms with Crippen LogP contribution in [0.3, 0.4) is 0 Å². The maximum Gasteiger partial charge on any atom is 0.225 e. The quantitative estimate of drug-likeness (QED) is 0.870. The SMILES string of the molecule is NC(=O)C1CCN(C(=O)C2CCN(Cc3ccc(Cl)cc3F)CC2)CC1. The van der Waals surface area contributed by atoms with E-state index in [0.29, 0.717) is 43.1 Å². The van der Waals surface area contributed by atoms with Crippen LogP contribution in [0.5, 0.6) is 0 Å². The van der Waals surface area contributed by atoms with Gasteiger partial charge in [-0.05, 0) is 50.9 Å². The predicted molar refractivity (Wildman–Crippen MR) is 97.9 cm³/mol. The molecule has 3 rings (SSSR count). The molecule has 0 aromatic heterocycles. The van der Waals surface area contributed by atoms with Crippen LogP contribution in [0.4, 0.5) is 4.39 Å². The monoisotopic (exact) mass is 381 g/mol. The van der Waals surface area contributed by atoms with Crippen LogP contribution in [0.2, 0.25) is 5.02 Å². The number of rotatable bonds is 4. The molecule has 2 N–H and O–H groups in total. The number of carbonyl (C=O) groups is 2. The lowest BCUT2D eigenvalue weighted by Gasteiger charge is -2.36. The van der Waals surface area contributed by atoms with Gasteiger partial charge >= 0.3 is 0 Å². The number of halogens is 2. The molecule has 7 heteroatoms. The van der Waals surface area contributed by atoms with E-state index in [4.69, 9.17) is 17.3 Å². The fraction of sp³-hybridized carbons (Fsp3) is 0.579. The van der Waals surface area contributed by atoms with Gasteiger partial charge in [-0.1, -0.05) is 17.7 Å². The highest BCUT2D eigenvalue weighted by atomic mass is 35.5. The normalized spacial score (nSPS) is 20.3. The highest BCUT2D eigenvalue weighted by Crippen LogP contribution is 2.25. The number of hydrogen-bond donors (Lipinski definition) is 1. The first kappa shape index (κ1) is 19.1. The molecule has 26 heavy (non-hydrogen) atoms. The predicted octanol–water partition coefficient (Wildman–Crippen LogP) is 2.42. The zero-order valence-corrected chi connectivity index (χ0v) is 15.6. The van der Waals surface area contributed by atoms with Gasteiger partial charge in [-0.15, -0.1) is 0 Å². The van der Waals surface area contributed by atoms with Crippen LogP contribution in [0.25, 0.3) is 0 Å². The van der Waals surface area contributed by atoms with E-state index in [2.05, 4.69) is 4.90 Å². The molecule has 0 unspecified atom stereocenters. The molecule has 0 radical (unpaired) electrons. The van der Waals surface area contributed by atoms with Crippen LogP contribution in [-0.2, 0) is 16.1 Å². The summed E-state index contributed by atoms with van der Waals surface area (Å²) in [7, 11) is 0. The molecular weight excluding hydrogens is 357 g/mol. The molecule has 142 valence electrons. The Kier molecular flexibility index (Phi) is 6.14. The molecule has 1 aromatic rings. The van der Waals surface area contributed by atoms with Gasteiger partial charge in [0.25, 0.3) is 0 Å². The molecule has 2 amide bonds. The summed E-state index contributed by atoms with van der Waals surface area (Å²) in [6, 6.07) is 4.76. The van der Waals surface area contributed by atoms with Crippen LogP contribution in [0.15, 0.2) is 18.2 Å². The first-order chi connectivity index (χ1) is 12.4. The summed E-state index contributed by atoms with van der Waals surface area (Å²) < 4.78 is 13.9. The van der Waals surface area contributed by atoms with E-state index in [-0.39, 0.29) is 29.5 Å². The van der Waals surface area contributed by atoms with E-state index >= 15 is 0 Å². The number of piperidine rings is 2. The molecule has 0 spiro atoms. The summed E-state index contributed by atoms with van der Waals surface area (Å²) in [4.78, 5) is 28.0. The number of amides is 2. The Morgan fingerprint density at radius 3 is 2.27 bits per heavy atom. The second-order valence-corrected chi connectivity index (χ2v) is 7.72. The van der Waals surface area contributed by atoms with Gasteiger partial charge in [0.1, 0.15) is 5.82 Å². The lowest BCUT2D eigenvalue weighted by atomic mass is 9.91. The molecule has 5 nitrogen and oxygen atoms in total. The number of nitrogens with zero attached hydrogens (tertiary/aromatic N) is 2. The standard InChI is InChI=1S/C19H25ClFN3O2/c20-16-2-1-15(17(21)11-16)12-23-7-3-14(4-8-23)19(26)24-9-5-13(6-10-24)18(22)25/h1-2,11,13-14H,3-10,12H2,(H2,22,25). The number of nitrogens with two attached hydrogens (primary N) is 1. The van der Waals surface area contributed by atoms with E-state index < -0.39 is 0 Å². The van der Waals surface area contributed by atoms with Crippen molar-refractivity contribution in [3.63, 3.8) is 0 Å². The third-order valence-electron chi connectivity index (χ3n) is 5.55. The molecule has 0 saturated carbocycles. The zero-order valence-electron chi connectivity index (χ0n) is 14.8. The van der Waals surface area contributed by atoms with Gasteiger partial charge in [-0.3, -0.25) is 14.5 Å². The number of primary amides is 1. The molecular formula is C19H25ClFN3O2. The van der Waals surface area contributed by atoms with Crippen LogP contribution in [0, 0.1) is 17.7 Å². The van der Waals surface area contributed by atoms with E-state index in [9.17, 15) is 14.0 Å². The Labute approximate surface area is 158 Å². The first-order valence-corrected chi connectivity index (χ1v) is 9.56. The van der Waals surface area contributed by atoms with Gasteiger partial charge in [-0.25, -0.2) is 4.39 Å². The maximum absolute atomic E-state index is 13.9. The van der Waals surface area contributed by atoms with Gasteiger partial charge < -0.3 is 10.6 Å². The van der Waals surface area contributed by atoms with E-state index in [1.54, 1.807) is 12.1 Å². The second-order valence-electron chi connectivity index (χ2n) is 7.29. The van der Waals surface area contributed by atoms with Crippen LogP contribution in [-0.4, -0.2) is 47.8 Å². The maximum atomic E-state index is 13.9. The Morgan fingerprint density at radius 1 is 1.08 bits per heavy atom. The van der Waals surface area contributed by atoms with Crippen LogP contribution in [0.1, 0.15) is 31.2 Å². The Morgan fingerprint density at radius 2 is 1.69 bits per heavy atom. The highest BCUT2D eigenvalue weighted by Gasteiger charge is 2.32. The summed E-state index contributed by atoms with van der Waals surface area (Å²) in [5.74, 6) is -0.445. The molecule has 0 aliphatic carbocycles. The highest BCUT2D eigenvalue weighted by molar-refractivity contribution is 6.30. The van der Waals surface area contributed by atoms with Gasteiger partial charge in [0.2, 0.25) is 11.8 Å². The average molecular weight is 382 g/mol. The number of likely N-dealkylation sites (tertiary alicyclic amines) is 2. The Bertz CT molecular complexity index is 669. The summed E-state index contributed by atoms with van der Waals surface area (Å²) in [5.41, 5.74) is 5.98. The van der Waals surface area contributed by atoms with Crippen LogP contribution >= 0.6 is 11.6 Å². The van der Waals surface area contributed by atoms with Gasteiger partial charge in [0.05, 0.1) is 0 Å². The third-order valence-corrected chi connectivity index (χ3v) is 5.79. The molecule has 1 aromatic carbocycles. The first-order valence-electron chi connectivity index (χ1n) is 9.18. The molecule has 0 atom stereocenters. The topological polar surface area (TPSA) is 66.6 Å². The van der Waals surface area contributed by atoms with E-state index in [1.165, 1.54) is 6.07 Å². The van der Waals surface area contributed by atoms with Gasteiger partial charge in [-0.2, -0.15) is 0 Å². The van der Waals surface area contributed by atoms with Crippen LogP contribution < -0.4 is 5.73 Å². The lowest BCUT2D eigenvalue weighted by Crippen LogP contribution is -2.46. The van der Waals surface area contributed by atoms with Crippen molar-refractivity contribution in [2.45, 2.75) is 32.2 Å². The summed E-state index contributed by atoms with van der Waals surface area (Å²) in [5, 5.41) is 0.399. The minimum absolute atomic E-state index is 0.0199. The average Bonchev–Trinajstić information content (AvgIpc) is 2.64. The molecule has 2 aliphatic rings. The minimum Gasteiger partial charge on any atom is -0.369 e. The van der Waals surface area contributed by atoms with Crippen molar-refractivity contribution in [1.82, 2.24) is 9.80 Å². The van der Waals surface area contributed by atoms with Crippen molar-refractivity contribution in [3.05, 3.63) is 34.6 Å². The largest absolute Gasteiger partial charge is 0.369 e. The fourth-order valence-electron chi connectivity index (χ4n) is 3.87. The molecule has 2 aliphatic heterocycles. The van der Waals surface area contributed by atoms with Crippen molar-refractivity contribution in [3.8, 4) is 0 Å². The Hall–Kier alpha value is -1.66. The van der Waals surface area contributed by atoms with Crippen molar-refractivity contribution >= 4 is 23.4 Å². The minimum atomic E-state index is -0.284. The van der Waals surface area contributed by atoms with Crippen molar-refractivity contribution in [2.24, 2.45) is 17.6 Å². The van der Waals surface area contributed by atoms with Gasteiger partial charge in [0.15, 0.2) is 0 Å². The summed E-state index contributed by atoms with van der Waals surface area (Å²) in [6.07, 6.45) is 2.89. The second kappa shape index (κ2) is 8.35. The Balaban J connectivity index is 1.47. The van der Waals surface area contributed by atoms with Crippen molar-refractivity contribution in [2.75, 3.05) is 26.2 Å². The molecule has 0 bridgehead atoms. The van der Waals surface area contributed by atoms with E-state index in [0.717, 1.165) is 25.9 Å². The molecule has 2 fully saturated rings. The summed E-state index contributed by atoms with van der Waals surface area (Å²) >= 11 is 5.79.